The van der Waals surface area contributed by atoms with Gasteiger partial charge in [0.25, 0.3) is 10.0 Å². The van der Waals surface area contributed by atoms with E-state index in [0.717, 1.165) is 40.7 Å². The van der Waals surface area contributed by atoms with Crippen molar-refractivity contribution < 1.29 is 40.7 Å². The number of carbonyl (C=O) groups is 2. The number of aryl methyl sites for hydroxylation is 1. The van der Waals surface area contributed by atoms with Crippen LogP contribution >= 0.6 is 0 Å². The number of Topliss-reactive ketones (excluding diaryl/α,β-unsaturated/α-hetero) is 1. The predicted molar refractivity (Wildman–Crippen MR) is 135 cm³/mol. The average Bonchev–Trinajstić information content (AvgIpc) is 3.20. The molecule has 7 nitrogen and oxygen atoms in total. The lowest BCUT2D eigenvalue weighted by molar-refractivity contribution is -0.258. The lowest BCUT2D eigenvalue weighted by Crippen LogP contribution is -2.45. The van der Waals surface area contributed by atoms with Crippen LogP contribution in [0.2, 0.25) is 0 Å². The van der Waals surface area contributed by atoms with Gasteiger partial charge in [-0.15, -0.1) is 0 Å². The smallest absolute Gasteiger partial charge is 0.376 e. The number of sulfonamides is 1. The summed E-state index contributed by atoms with van der Waals surface area (Å²) in [5, 5.41) is 13.0. The number of carbonyl (C=O) groups excluding carboxylic acids is 2. The number of benzene rings is 2. The molecule has 2 heterocycles. The minimum absolute atomic E-state index is 0.0886. The first-order valence-corrected chi connectivity index (χ1v) is 14.0. The molecular formula is C27H30F4N2O5S. The third kappa shape index (κ3) is 5.81. The maximum absolute atomic E-state index is 13.8. The summed E-state index contributed by atoms with van der Waals surface area (Å²) in [7, 11) is -4.34. The molecule has 1 amide bonds. The molecule has 0 spiro atoms. The summed E-state index contributed by atoms with van der Waals surface area (Å²) < 4.78 is 82.5. The average molecular weight is 571 g/mol. The minimum atomic E-state index is -4.96. The van der Waals surface area contributed by atoms with Crippen molar-refractivity contribution in [2.24, 2.45) is 0 Å². The Kier molecular flexibility index (Phi) is 7.59. The van der Waals surface area contributed by atoms with E-state index >= 15 is 0 Å². The summed E-state index contributed by atoms with van der Waals surface area (Å²) in [6, 6.07) is 6.67. The first-order chi connectivity index (χ1) is 18.0. The SMILES string of the molecule is CC1(CCC(=O)C[C@@H]2CCc3cc(C(C)(O)C(F)(F)F)ccc3N2S(=O)(=O)c2ccc(F)cc2)CCC(=O)N1. The van der Waals surface area contributed by atoms with Gasteiger partial charge in [-0.1, -0.05) is 12.1 Å². The highest BCUT2D eigenvalue weighted by Crippen LogP contribution is 2.43. The van der Waals surface area contributed by atoms with E-state index in [1.54, 1.807) is 0 Å². The zero-order valence-corrected chi connectivity index (χ0v) is 22.3. The van der Waals surface area contributed by atoms with Crippen LogP contribution in [0.3, 0.4) is 0 Å². The highest BCUT2D eigenvalue weighted by Gasteiger charge is 2.51. The largest absolute Gasteiger partial charge is 0.421 e. The molecule has 0 aromatic heterocycles. The topological polar surface area (TPSA) is 104 Å². The van der Waals surface area contributed by atoms with Gasteiger partial charge in [-0.05, 0) is 81.0 Å². The Morgan fingerprint density at radius 3 is 2.41 bits per heavy atom. The Hall–Kier alpha value is -2.99. The molecule has 212 valence electrons. The fourth-order valence-corrected chi connectivity index (χ4v) is 6.87. The molecule has 1 fully saturated rings. The highest BCUT2D eigenvalue weighted by atomic mass is 32.2. The van der Waals surface area contributed by atoms with Crippen molar-refractivity contribution in [2.75, 3.05) is 4.31 Å². The molecule has 2 aromatic rings. The molecule has 0 bridgehead atoms. The molecule has 2 aliphatic heterocycles. The number of ketones is 1. The Bertz CT molecular complexity index is 1380. The third-order valence-corrected chi connectivity index (χ3v) is 9.52. The molecule has 2 N–H and O–H groups in total. The summed E-state index contributed by atoms with van der Waals surface area (Å²) in [5.74, 6) is -0.956. The predicted octanol–water partition coefficient (Wildman–Crippen LogP) is 4.51. The number of anilines is 1. The summed E-state index contributed by atoms with van der Waals surface area (Å²) in [4.78, 5) is 24.4. The van der Waals surface area contributed by atoms with Gasteiger partial charge in [0, 0.05) is 24.8 Å². The van der Waals surface area contributed by atoms with Gasteiger partial charge >= 0.3 is 6.18 Å². The van der Waals surface area contributed by atoms with Crippen molar-refractivity contribution >= 4 is 27.4 Å². The van der Waals surface area contributed by atoms with Gasteiger partial charge in [0.1, 0.15) is 11.6 Å². The van der Waals surface area contributed by atoms with E-state index in [0.29, 0.717) is 26.2 Å². The third-order valence-electron chi connectivity index (χ3n) is 7.64. The zero-order valence-electron chi connectivity index (χ0n) is 21.5. The summed E-state index contributed by atoms with van der Waals surface area (Å²) in [6.45, 7) is 2.47. The van der Waals surface area contributed by atoms with E-state index in [2.05, 4.69) is 5.32 Å². The molecule has 2 aromatic carbocycles. The number of fused-ring (bicyclic) bond motifs is 1. The van der Waals surface area contributed by atoms with Gasteiger partial charge in [-0.3, -0.25) is 13.9 Å². The fraction of sp³-hybridized carbons (Fsp3) is 0.481. The van der Waals surface area contributed by atoms with Crippen LogP contribution in [0.5, 0.6) is 0 Å². The van der Waals surface area contributed by atoms with Gasteiger partial charge in [-0.2, -0.15) is 13.2 Å². The van der Waals surface area contributed by atoms with Crippen molar-refractivity contribution in [3.63, 3.8) is 0 Å². The first kappa shape index (κ1) is 29.0. The van der Waals surface area contributed by atoms with Crippen molar-refractivity contribution in [3.8, 4) is 0 Å². The summed E-state index contributed by atoms with van der Waals surface area (Å²) >= 11 is 0. The van der Waals surface area contributed by atoms with Crippen LogP contribution in [0.25, 0.3) is 0 Å². The van der Waals surface area contributed by atoms with Crippen molar-refractivity contribution in [2.45, 2.75) is 87.0 Å². The molecule has 0 radical (unpaired) electrons. The van der Waals surface area contributed by atoms with Crippen LogP contribution in [0.15, 0.2) is 47.4 Å². The number of nitrogens with one attached hydrogen (secondary N) is 1. The molecule has 0 aliphatic carbocycles. The minimum Gasteiger partial charge on any atom is -0.376 e. The molecule has 3 atom stereocenters. The number of amides is 1. The van der Waals surface area contributed by atoms with E-state index < -0.39 is 44.8 Å². The standard InChI is InChI=1S/C27H30F4N2O5S/c1-25(14-12-24(35)32-25)13-11-21(34)16-20-7-3-17-15-18(26(2,36)27(29,30)31)4-10-23(17)33(20)39(37,38)22-8-5-19(28)6-9-22/h4-6,8-10,15,20,36H,3,7,11-14,16H2,1-2H3,(H,32,35)/t20-,25?,26?/m0/s1. The van der Waals surface area contributed by atoms with E-state index in [9.17, 15) is 40.7 Å². The molecule has 2 aliphatic rings. The number of hydrogen-bond donors (Lipinski definition) is 2. The summed E-state index contributed by atoms with van der Waals surface area (Å²) in [5.41, 5.74) is -3.74. The van der Waals surface area contributed by atoms with E-state index in [-0.39, 0.29) is 53.5 Å². The lowest BCUT2D eigenvalue weighted by Gasteiger charge is -2.38. The van der Waals surface area contributed by atoms with Crippen molar-refractivity contribution in [3.05, 3.63) is 59.4 Å². The van der Waals surface area contributed by atoms with E-state index in [1.807, 2.05) is 6.92 Å². The second-order valence-electron chi connectivity index (χ2n) is 10.7. The van der Waals surface area contributed by atoms with E-state index in [4.69, 9.17) is 0 Å². The second-order valence-corrected chi connectivity index (χ2v) is 12.5. The van der Waals surface area contributed by atoms with Crippen LogP contribution in [-0.4, -0.2) is 43.0 Å². The molecule has 0 saturated carbocycles. The van der Waals surface area contributed by atoms with Gasteiger partial charge in [0.15, 0.2) is 5.60 Å². The van der Waals surface area contributed by atoms with Crippen LogP contribution in [0.4, 0.5) is 23.2 Å². The molecule has 39 heavy (non-hydrogen) atoms. The number of aliphatic hydroxyl groups is 1. The summed E-state index contributed by atoms with van der Waals surface area (Å²) in [6.07, 6.45) is -3.32. The van der Waals surface area contributed by atoms with Gasteiger partial charge in [0.05, 0.1) is 16.6 Å². The van der Waals surface area contributed by atoms with Gasteiger partial charge in [-0.25, -0.2) is 12.8 Å². The molecule has 12 heteroatoms. The monoisotopic (exact) mass is 570 g/mol. The molecule has 1 saturated heterocycles. The number of hydrogen-bond acceptors (Lipinski definition) is 5. The number of nitrogens with zero attached hydrogens (tertiary/aromatic N) is 1. The lowest BCUT2D eigenvalue weighted by atomic mass is 9.87. The van der Waals surface area contributed by atoms with Crippen molar-refractivity contribution in [1.82, 2.24) is 5.32 Å². The molecular weight excluding hydrogens is 540 g/mol. The van der Waals surface area contributed by atoms with Crippen LogP contribution in [-0.2, 0) is 31.6 Å². The van der Waals surface area contributed by atoms with Crippen LogP contribution < -0.4 is 9.62 Å². The second kappa shape index (κ2) is 10.2. The Morgan fingerprint density at radius 2 is 1.82 bits per heavy atom. The van der Waals surface area contributed by atoms with Crippen LogP contribution in [0, 0.1) is 5.82 Å². The maximum Gasteiger partial charge on any atom is 0.421 e. The Morgan fingerprint density at radius 1 is 1.15 bits per heavy atom. The quantitative estimate of drug-likeness (QED) is 0.455. The van der Waals surface area contributed by atoms with Gasteiger partial charge in [0.2, 0.25) is 5.91 Å². The zero-order chi connectivity index (χ0) is 28.8. The molecule has 4 rings (SSSR count). The highest BCUT2D eigenvalue weighted by molar-refractivity contribution is 7.92. The fourth-order valence-electron chi connectivity index (χ4n) is 5.15. The number of halogens is 4. The normalized spacial score (nSPS) is 23.2. The first-order valence-electron chi connectivity index (χ1n) is 12.6. The maximum atomic E-state index is 13.8. The molecule has 2 unspecified atom stereocenters. The van der Waals surface area contributed by atoms with Crippen molar-refractivity contribution in [1.29, 1.82) is 0 Å². The number of rotatable bonds is 8. The Labute approximate surface area is 224 Å². The Balaban J connectivity index is 1.67. The van der Waals surface area contributed by atoms with Gasteiger partial charge < -0.3 is 10.4 Å². The van der Waals surface area contributed by atoms with E-state index in [1.165, 1.54) is 6.07 Å². The number of alkyl halides is 3. The van der Waals surface area contributed by atoms with Crippen LogP contribution in [0.1, 0.15) is 63.5 Å².